The minimum atomic E-state index is -0.380. The van der Waals surface area contributed by atoms with Crippen LogP contribution in [0, 0.1) is 6.92 Å². The zero-order chi connectivity index (χ0) is 11.4. The normalized spacial score (nSPS) is 12.5. The molecule has 1 N–H and O–H groups in total. The number of aliphatic hydroxyl groups is 1. The van der Waals surface area contributed by atoms with Crippen molar-refractivity contribution in [2.24, 2.45) is 0 Å². The van der Waals surface area contributed by atoms with E-state index in [1.807, 2.05) is 32.0 Å². The smallest absolute Gasteiger partial charge is 0.0795 e. The van der Waals surface area contributed by atoms with Crippen molar-refractivity contribution >= 4 is 15.9 Å². The molecule has 0 saturated heterocycles. The molecule has 1 aromatic rings. The molecule has 0 aliphatic heterocycles. The monoisotopic (exact) mass is 268 g/mol. The number of hydrogen-bond donors (Lipinski definition) is 1. The first-order chi connectivity index (χ1) is 7.00. The molecule has 1 atom stereocenters. The predicted octanol–water partition coefficient (Wildman–Crippen LogP) is 4.15. The molecule has 1 nitrogen and oxygen atoms in total. The van der Waals surface area contributed by atoms with Gasteiger partial charge in [-0.25, -0.2) is 0 Å². The molecule has 0 aromatic heterocycles. The SMILES string of the molecule is C=C(C)CCC(O)c1ccc(Br)cc1C. The van der Waals surface area contributed by atoms with Crippen molar-refractivity contribution in [1.29, 1.82) is 0 Å². The van der Waals surface area contributed by atoms with Crippen LogP contribution < -0.4 is 0 Å². The van der Waals surface area contributed by atoms with E-state index in [4.69, 9.17) is 0 Å². The Morgan fingerprint density at radius 2 is 2.20 bits per heavy atom. The van der Waals surface area contributed by atoms with E-state index < -0.39 is 0 Å². The molecular weight excluding hydrogens is 252 g/mol. The van der Waals surface area contributed by atoms with Gasteiger partial charge in [-0.05, 0) is 49.9 Å². The van der Waals surface area contributed by atoms with E-state index in [0.29, 0.717) is 0 Å². The Hall–Kier alpha value is -0.600. The van der Waals surface area contributed by atoms with Crippen molar-refractivity contribution in [2.75, 3.05) is 0 Å². The van der Waals surface area contributed by atoms with Gasteiger partial charge >= 0.3 is 0 Å². The first-order valence-corrected chi connectivity index (χ1v) is 5.88. The maximum absolute atomic E-state index is 9.98. The molecule has 0 spiro atoms. The third-order valence-corrected chi connectivity index (χ3v) is 2.93. The first-order valence-electron chi connectivity index (χ1n) is 5.09. The van der Waals surface area contributed by atoms with E-state index in [9.17, 15) is 5.11 Å². The summed E-state index contributed by atoms with van der Waals surface area (Å²) >= 11 is 3.41. The lowest BCUT2D eigenvalue weighted by Crippen LogP contribution is -2.00. The highest BCUT2D eigenvalue weighted by Crippen LogP contribution is 2.25. The Bertz CT molecular complexity index is 358. The summed E-state index contributed by atoms with van der Waals surface area (Å²) in [6.07, 6.45) is 1.24. The first kappa shape index (κ1) is 12.5. The zero-order valence-corrected chi connectivity index (χ0v) is 10.8. The average Bonchev–Trinajstić information content (AvgIpc) is 2.14. The molecule has 0 bridgehead atoms. The number of hydrogen-bond acceptors (Lipinski definition) is 1. The van der Waals surface area contributed by atoms with Crippen molar-refractivity contribution < 1.29 is 5.11 Å². The molecule has 1 rings (SSSR count). The van der Waals surface area contributed by atoms with Crippen molar-refractivity contribution in [1.82, 2.24) is 0 Å². The molecule has 82 valence electrons. The van der Waals surface area contributed by atoms with E-state index in [2.05, 4.69) is 22.5 Å². The molecule has 0 heterocycles. The van der Waals surface area contributed by atoms with Crippen LogP contribution in [0.15, 0.2) is 34.8 Å². The molecule has 1 unspecified atom stereocenters. The molecule has 1 aromatic carbocycles. The Morgan fingerprint density at radius 1 is 1.53 bits per heavy atom. The van der Waals surface area contributed by atoms with E-state index in [0.717, 1.165) is 34.0 Å². The standard InChI is InChI=1S/C13H17BrO/c1-9(2)4-7-13(15)12-6-5-11(14)8-10(12)3/h5-6,8,13,15H,1,4,7H2,2-3H3. The average molecular weight is 269 g/mol. The number of aliphatic hydroxyl groups excluding tert-OH is 1. The maximum atomic E-state index is 9.98. The van der Waals surface area contributed by atoms with E-state index >= 15 is 0 Å². The number of allylic oxidation sites excluding steroid dienone is 1. The van der Waals surface area contributed by atoms with Crippen molar-refractivity contribution in [3.8, 4) is 0 Å². The molecular formula is C13H17BrO. The van der Waals surface area contributed by atoms with Crippen LogP contribution in [0.3, 0.4) is 0 Å². The van der Waals surface area contributed by atoms with Crippen LogP contribution in [0.25, 0.3) is 0 Å². The molecule has 0 aliphatic rings. The minimum Gasteiger partial charge on any atom is -0.388 e. The summed E-state index contributed by atoms with van der Waals surface area (Å²) in [7, 11) is 0. The summed E-state index contributed by atoms with van der Waals surface area (Å²) in [5.41, 5.74) is 3.25. The van der Waals surface area contributed by atoms with Crippen LogP contribution in [0.5, 0.6) is 0 Å². The van der Waals surface area contributed by atoms with Gasteiger partial charge in [-0.2, -0.15) is 0 Å². The van der Waals surface area contributed by atoms with Gasteiger partial charge in [0.2, 0.25) is 0 Å². The topological polar surface area (TPSA) is 20.2 Å². The van der Waals surface area contributed by atoms with Gasteiger partial charge in [-0.15, -0.1) is 6.58 Å². The van der Waals surface area contributed by atoms with E-state index in [-0.39, 0.29) is 6.10 Å². The van der Waals surface area contributed by atoms with Gasteiger partial charge in [-0.3, -0.25) is 0 Å². The van der Waals surface area contributed by atoms with Crippen LogP contribution in [0.2, 0.25) is 0 Å². The Morgan fingerprint density at radius 3 is 2.73 bits per heavy atom. The van der Waals surface area contributed by atoms with Gasteiger partial charge in [0.15, 0.2) is 0 Å². The summed E-state index contributed by atoms with van der Waals surface area (Å²) in [6.45, 7) is 7.84. The van der Waals surface area contributed by atoms with Gasteiger partial charge in [0.25, 0.3) is 0 Å². The van der Waals surface area contributed by atoms with Crippen LogP contribution in [-0.2, 0) is 0 Å². The Kier molecular flexibility index (Phi) is 4.55. The summed E-state index contributed by atoms with van der Waals surface area (Å²) in [6, 6.07) is 5.97. The van der Waals surface area contributed by atoms with Crippen molar-refractivity contribution in [3.63, 3.8) is 0 Å². The second-order valence-corrected chi connectivity index (χ2v) is 4.93. The second kappa shape index (κ2) is 5.47. The fourth-order valence-corrected chi connectivity index (χ4v) is 2.03. The number of benzene rings is 1. The van der Waals surface area contributed by atoms with Crippen LogP contribution >= 0.6 is 15.9 Å². The van der Waals surface area contributed by atoms with E-state index in [1.165, 1.54) is 0 Å². The molecule has 0 radical (unpaired) electrons. The molecule has 0 aliphatic carbocycles. The number of aryl methyl sites for hydroxylation is 1. The molecule has 2 heteroatoms. The van der Waals surface area contributed by atoms with Crippen LogP contribution in [0.4, 0.5) is 0 Å². The number of rotatable bonds is 4. The van der Waals surface area contributed by atoms with Gasteiger partial charge in [0.1, 0.15) is 0 Å². The largest absolute Gasteiger partial charge is 0.388 e. The lowest BCUT2D eigenvalue weighted by molar-refractivity contribution is 0.167. The van der Waals surface area contributed by atoms with Crippen molar-refractivity contribution in [2.45, 2.75) is 32.8 Å². The highest BCUT2D eigenvalue weighted by atomic mass is 79.9. The van der Waals surface area contributed by atoms with Gasteiger partial charge in [0, 0.05) is 4.47 Å². The number of halogens is 1. The lowest BCUT2D eigenvalue weighted by atomic mass is 9.99. The fraction of sp³-hybridized carbons (Fsp3) is 0.385. The fourth-order valence-electron chi connectivity index (χ4n) is 1.55. The quantitative estimate of drug-likeness (QED) is 0.814. The van der Waals surface area contributed by atoms with Crippen molar-refractivity contribution in [3.05, 3.63) is 46.0 Å². The lowest BCUT2D eigenvalue weighted by Gasteiger charge is -2.13. The Labute approximate surface area is 100.0 Å². The van der Waals surface area contributed by atoms with Crippen LogP contribution in [-0.4, -0.2) is 5.11 Å². The van der Waals surface area contributed by atoms with Crippen LogP contribution in [0.1, 0.15) is 37.0 Å². The third kappa shape index (κ3) is 3.80. The highest BCUT2D eigenvalue weighted by molar-refractivity contribution is 9.10. The summed E-state index contributed by atoms with van der Waals surface area (Å²) in [5, 5.41) is 9.98. The predicted molar refractivity (Wildman–Crippen MR) is 67.9 cm³/mol. The van der Waals surface area contributed by atoms with Gasteiger partial charge < -0.3 is 5.11 Å². The van der Waals surface area contributed by atoms with Gasteiger partial charge in [0.05, 0.1) is 6.10 Å². The summed E-state index contributed by atoms with van der Waals surface area (Å²) in [4.78, 5) is 0. The zero-order valence-electron chi connectivity index (χ0n) is 9.26. The maximum Gasteiger partial charge on any atom is 0.0795 e. The Balaban J connectivity index is 2.73. The molecule has 15 heavy (non-hydrogen) atoms. The molecule has 0 fully saturated rings. The molecule has 0 amide bonds. The van der Waals surface area contributed by atoms with Gasteiger partial charge in [-0.1, -0.05) is 27.6 Å². The minimum absolute atomic E-state index is 0.380. The molecule has 0 saturated carbocycles. The van der Waals surface area contributed by atoms with E-state index in [1.54, 1.807) is 0 Å². The highest BCUT2D eigenvalue weighted by Gasteiger charge is 2.10. The third-order valence-electron chi connectivity index (χ3n) is 2.44. The second-order valence-electron chi connectivity index (χ2n) is 4.01. The summed E-state index contributed by atoms with van der Waals surface area (Å²) in [5.74, 6) is 0. The summed E-state index contributed by atoms with van der Waals surface area (Å²) < 4.78 is 1.05.